The summed E-state index contributed by atoms with van der Waals surface area (Å²) in [6.45, 7) is 0.482. The molecule has 1 heterocycles. The van der Waals surface area contributed by atoms with Crippen molar-refractivity contribution in [2.24, 2.45) is 0 Å². The second-order valence-electron chi connectivity index (χ2n) is 3.43. The van der Waals surface area contributed by atoms with Gasteiger partial charge < -0.3 is 4.74 Å². The predicted octanol–water partition coefficient (Wildman–Crippen LogP) is 2.99. The van der Waals surface area contributed by atoms with E-state index in [2.05, 4.69) is 10.2 Å². The maximum atomic E-state index is 13.2. The lowest BCUT2D eigenvalue weighted by molar-refractivity contribution is 0.102. The molecule has 1 aromatic heterocycles. The average Bonchev–Trinajstić information content (AvgIpc) is 2.34. The summed E-state index contributed by atoms with van der Waals surface area (Å²) in [7, 11) is 0. The number of nitrogens with zero attached hydrogens (tertiary/aromatic N) is 2. The molecule has 3 nitrogen and oxygen atoms in total. The Morgan fingerprint density at radius 3 is 2.59 bits per heavy atom. The van der Waals surface area contributed by atoms with Gasteiger partial charge in [0.2, 0.25) is 0 Å². The summed E-state index contributed by atoms with van der Waals surface area (Å²) in [6, 6.07) is 9.85. The zero-order chi connectivity index (χ0) is 12.1. The van der Waals surface area contributed by atoms with Crippen LogP contribution in [-0.2, 0) is 18.0 Å². The molecule has 0 aliphatic carbocycles. The van der Waals surface area contributed by atoms with E-state index < -0.39 is 0 Å². The van der Waals surface area contributed by atoms with E-state index in [1.807, 2.05) is 0 Å². The first-order valence-electron chi connectivity index (χ1n) is 5.05. The van der Waals surface area contributed by atoms with Gasteiger partial charge in [-0.2, -0.15) is 5.10 Å². The first-order chi connectivity index (χ1) is 8.25. The molecule has 0 unspecified atom stereocenters. The molecule has 0 aliphatic rings. The van der Waals surface area contributed by atoms with Crippen molar-refractivity contribution in [3.8, 4) is 0 Å². The van der Waals surface area contributed by atoms with Crippen LogP contribution in [0.2, 0.25) is 5.15 Å². The maximum Gasteiger partial charge on any atom is 0.151 e. The first-order valence-corrected chi connectivity index (χ1v) is 5.43. The lowest BCUT2D eigenvalue weighted by atomic mass is 10.2. The number of ether oxygens (including phenoxy) is 1. The fraction of sp³-hybridized carbons (Fsp3) is 0.167. The molecule has 0 amide bonds. The van der Waals surface area contributed by atoms with Gasteiger partial charge in [0, 0.05) is 5.56 Å². The Bertz CT molecular complexity index is 490. The monoisotopic (exact) mass is 252 g/mol. The summed E-state index contributed by atoms with van der Waals surface area (Å²) in [5.74, 6) is -0.269. The van der Waals surface area contributed by atoms with Gasteiger partial charge in [0.05, 0.1) is 18.9 Å². The van der Waals surface area contributed by atoms with E-state index in [4.69, 9.17) is 16.3 Å². The predicted molar refractivity (Wildman–Crippen MR) is 61.9 cm³/mol. The third kappa shape index (κ3) is 3.47. The average molecular weight is 253 g/mol. The maximum absolute atomic E-state index is 13.2. The third-order valence-electron chi connectivity index (χ3n) is 2.15. The summed E-state index contributed by atoms with van der Waals surface area (Å²) < 4.78 is 18.6. The largest absolute Gasteiger partial charge is 0.370 e. The van der Waals surface area contributed by atoms with Gasteiger partial charge in [-0.25, -0.2) is 4.39 Å². The molecule has 0 atom stereocenters. The van der Waals surface area contributed by atoms with Crippen LogP contribution in [0.1, 0.15) is 11.3 Å². The first kappa shape index (κ1) is 12.0. The number of halogens is 2. The van der Waals surface area contributed by atoms with Crippen LogP contribution in [0.25, 0.3) is 0 Å². The molecule has 2 aromatic rings. The van der Waals surface area contributed by atoms with Crippen LogP contribution >= 0.6 is 11.6 Å². The van der Waals surface area contributed by atoms with Crippen molar-refractivity contribution < 1.29 is 9.13 Å². The zero-order valence-electron chi connectivity index (χ0n) is 8.94. The highest BCUT2D eigenvalue weighted by Gasteiger charge is 2.01. The van der Waals surface area contributed by atoms with Gasteiger partial charge in [0.25, 0.3) is 0 Å². The van der Waals surface area contributed by atoms with Gasteiger partial charge in [-0.3, -0.25) is 0 Å². The van der Waals surface area contributed by atoms with Crippen molar-refractivity contribution in [3.05, 3.63) is 58.6 Å². The highest BCUT2D eigenvalue weighted by molar-refractivity contribution is 6.29. The summed E-state index contributed by atoms with van der Waals surface area (Å²) in [6.07, 6.45) is 0. The van der Waals surface area contributed by atoms with Gasteiger partial charge >= 0.3 is 0 Å². The van der Waals surface area contributed by atoms with Gasteiger partial charge in [-0.1, -0.05) is 29.8 Å². The molecule has 0 saturated carbocycles. The molecule has 0 N–H and O–H groups in total. The van der Waals surface area contributed by atoms with E-state index in [0.29, 0.717) is 16.4 Å². The SMILES string of the molecule is Fc1ccccc1COCc1ccc(Cl)nn1. The Morgan fingerprint density at radius 1 is 1.06 bits per heavy atom. The molecule has 0 fully saturated rings. The Labute approximate surface area is 103 Å². The normalized spacial score (nSPS) is 10.5. The van der Waals surface area contributed by atoms with E-state index in [1.165, 1.54) is 6.07 Å². The molecule has 88 valence electrons. The summed E-state index contributed by atoms with van der Waals surface area (Å²) in [5, 5.41) is 7.85. The van der Waals surface area contributed by atoms with E-state index in [-0.39, 0.29) is 19.0 Å². The lowest BCUT2D eigenvalue weighted by Crippen LogP contribution is -1.99. The second kappa shape index (κ2) is 5.70. The van der Waals surface area contributed by atoms with Crippen molar-refractivity contribution in [1.82, 2.24) is 10.2 Å². The number of benzene rings is 1. The van der Waals surface area contributed by atoms with Crippen LogP contribution in [0.3, 0.4) is 0 Å². The van der Waals surface area contributed by atoms with Gasteiger partial charge in [-0.05, 0) is 18.2 Å². The number of hydrogen-bond donors (Lipinski definition) is 0. The number of hydrogen-bond acceptors (Lipinski definition) is 3. The third-order valence-corrected chi connectivity index (χ3v) is 2.35. The molecule has 0 spiro atoms. The van der Waals surface area contributed by atoms with Gasteiger partial charge in [0.15, 0.2) is 5.15 Å². The van der Waals surface area contributed by atoms with Crippen molar-refractivity contribution >= 4 is 11.6 Å². The Balaban J connectivity index is 1.88. The highest BCUT2D eigenvalue weighted by atomic mass is 35.5. The minimum Gasteiger partial charge on any atom is -0.370 e. The van der Waals surface area contributed by atoms with Crippen LogP contribution in [0.15, 0.2) is 36.4 Å². The van der Waals surface area contributed by atoms with E-state index in [9.17, 15) is 4.39 Å². The molecule has 17 heavy (non-hydrogen) atoms. The minimum atomic E-state index is -0.269. The molecule has 1 aromatic carbocycles. The molecule has 0 bridgehead atoms. The zero-order valence-corrected chi connectivity index (χ0v) is 9.69. The van der Waals surface area contributed by atoms with E-state index in [1.54, 1.807) is 30.3 Å². The van der Waals surface area contributed by atoms with Crippen molar-refractivity contribution in [2.45, 2.75) is 13.2 Å². The Hall–Kier alpha value is -1.52. The summed E-state index contributed by atoms with van der Waals surface area (Å²) >= 11 is 5.60. The minimum absolute atomic E-state index is 0.205. The van der Waals surface area contributed by atoms with Crippen molar-refractivity contribution in [3.63, 3.8) is 0 Å². The van der Waals surface area contributed by atoms with Crippen LogP contribution in [0, 0.1) is 5.82 Å². The summed E-state index contributed by atoms with van der Waals surface area (Å²) in [4.78, 5) is 0. The van der Waals surface area contributed by atoms with Crippen LogP contribution in [0.5, 0.6) is 0 Å². The van der Waals surface area contributed by atoms with Gasteiger partial charge in [0.1, 0.15) is 5.82 Å². The summed E-state index contributed by atoms with van der Waals surface area (Å²) in [5.41, 5.74) is 1.18. The molecule has 0 aliphatic heterocycles. The fourth-order valence-electron chi connectivity index (χ4n) is 1.30. The van der Waals surface area contributed by atoms with Crippen molar-refractivity contribution in [1.29, 1.82) is 0 Å². The highest BCUT2D eigenvalue weighted by Crippen LogP contribution is 2.09. The Morgan fingerprint density at radius 2 is 1.88 bits per heavy atom. The second-order valence-corrected chi connectivity index (χ2v) is 3.82. The Kier molecular flexibility index (Phi) is 4.01. The topological polar surface area (TPSA) is 35.0 Å². The molecule has 0 saturated heterocycles. The van der Waals surface area contributed by atoms with E-state index >= 15 is 0 Å². The van der Waals surface area contributed by atoms with Crippen molar-refractivity contribution in [2.75, 3.05) is 0 Å². The molecular formula is C12H10ClFN2O. The fourth-order valence-corrected chi connectivity index (χ4v) is 1.40. The quantitative estimate of drug-likeness (QED) is 0.839. The van der Waals surface area contributed by atoms with Crippen LogP contribution < -0.4 is 0 Å². The number of aromatic nitrogens is 2. The smallest absolute Gasteiger partial charge is 0.151 e. The van der Waals surface area contributed by atoms with E-state index in [0.717, 1.165) is 0 Å². The van der Waals surface area contributed by atoms with Gasteiger partial charge in [-0.15, -0.1) is 5.10 Å². The molecule has 0 radical (unpaired) electrons. The molecule has 5 heteroatoms. The molecular weight excluding hydrogens is 243 g/mol. The molecule has 2 rings (SSSR count). The van der Waals surface area contributed by atoms with Crippen LogP contribution in [0.4, 0.5) is 4.39 Å². The number of rotatable bonds is 4. The standard InChI is InChI=1S/C12H10ClFN2O/c13-12-6-5-10(15-16-12)8-17-7-9-3-1-2-4-11(9)14/h1-6H,7-8H2. The lowest BCUT2D eigenvalue weighted by Gasteiger charge is -2.04. The van der Waals surface area contributed by atoms with Crippen LogP contribution in [-0.4, -0.2) is 10.2 Å².